The Morgan fingerprint density at radius 2 is 2.09 bits per heavy atom. The lowest BCUT2D eigenvalue weighted by Gasteiger charge is -2.23. The monoisotopic (exact) mass is 318 g/mol. The van der Waals surface area contributed by atoms with Crippen molar-refractivity contribution in [1.29, 1.82) is 0 Å². The van der Waals surface area contributed by atoms with Gasteiger partial charge in [0.05, 0.1) is 19.0 Å². The van der Waals surface area contributed by atoms with E-state index in [0.717, 1.165) is 51.3 Å². The Morgan fingerprint density at radius 1 is 1.26 bits per heavy atom. The van der Waals surface area contributed by atoms with Crippen LogP contribution in [0.15, 0.2) is 12.4 Å². The lowest BCUT2D eigenvalue weighted by Crippen LogP contribution is -2.36. The fourth-order valence-corrected chi connectivity index (χ4v) is 2.77. The first kappa shape index (κ1) is 16.0. The molecule has 1 aliphatic carbocycles. The average molecular weight is 318 g/mol. The van der Waals surface area contributed by atoms with E-state index in [1.54, 1.807) is 12.4 Å². The van der Waals surface area contributed by atoms with Crippen molar-refractivity contribution in [3.8, 4) is 5.88 Å². The van der Waals surface area contributed by atoms with E-state index in [4.69, 9.17) is 4.74 Å². The Hall–Kier alpha value is -1.85. The minimum absolute atomic E-state index is 0.300. The number of carbonyl (C=O) groups is 1. The van der Waals surface area contributed by atoms with Crippen molar-refractivity contribution in [2.75, 3.05) is 37.7 Å². The third-order valence-electron chi connectivity index (χ3n) is 4.22. The largest absolute Gasteiger partial charge is 0.476 e. The predicted octanol–water partition coefficient (Wildman–Crippen LogP) is 1.96. The third kappa shape index (κ3) is 4.33. The summed E-state index contributed by atoms with van der Waals surface area (Å²) in [6.07, 6.45) is 6.55. The van der Waals surface area contributed by atoms with Gasteiger partial charge in [0.25, 0.3) is 0 Å². The van der Waals surface area contributed by atoms with Crippen molar-refractivity contribution in [1.82, 2.24) is 14.9 Å². The zero-order valence-corrected chi connectivity index (χ0v) is 14.1. The van der Waals surface area contributed by atoms with Crippen LogP contribution in [0.3, 0.4) is 0 Å². The molecule has 6 heteroatoms. The molecule has 1 amide bonds. The maximum Gasteiger partial charge on any atom is 0.234 e. The molecular weight excluding hydrogens is 292 g/mol. The van der Waals surface area contributed by atoms with Crippen LogP contribution < -0.4 is 9.64 Å². The molecular formula is C17H26N4O2. The number of hydrogen-bond donors (Lipinski definition) is 0. The zero-order chi connectivity index (χ0) is 16.2. The van der Waals surface area contributed by atoms with Gasteiger partial charge in [-0.15, -0.1) is 0 Å². The highest BCUT2D eigenvalue weighted by Crippen LogP contribution is 2.31. The number of anilines is 1. The number of amides is 1. The molecule has 0 atom stereocenters. The van der Waals surface area contributed by atoms with Gasteiger partial charge in [-0.1, -0.05) is 13.8 Å². The number of carbonyl (C=O) groups excluding carboxylic acids is 1. The average Bonchev–Trinajstić information content (AvgIpc) is 3.38. The van der Waals surface area contributed by atoms with Gasteiger partial charge in [-0.25, -0.2) is 0 Å². The van der Waals surface area contributed by atoms with E-state index >= 15 is 0 Å². The van der Waals surface area contributed by atoms with Gasteiger partial charge in [0.2, 0.25) is 11.8 Å². The second-order valence-electron chi connectivity index (χ2n) is 6.86. The first-order chi connectivity index (χ1) is 11.1. The van der Waals surface area contributed by atoms with Crippen LogP contribution in [0.2, 0.25) is 0 Å². The molecule has 23 heavy (non-hydrogen) atoms. The topological polar surface area (TPSA) is 58.6 Å². The van der Waals surface area contributed by atoms with Crippen molar-refractivity contribution < 1.29 is 9.53 Å². The van der Waals surface area contributed by atoms with E-state index in [1.165, 1.54) is 0 Å². The third-order valence-corrected chi connectivity index (χ3v) is 4.22. The Kier molecular flexibility index (Phi) is 4.98. The van der Waals surface area contributed by atoms with Crippen LogP contribution >= 0.6 is 0 Å². The fourth-order valence-electron chi connectivity index (χ4n) is 2.77. The first-order valence-electron chi connectivity index (χ1n) is 8.62. The molecule has 1 aliphatic heterocycles. The lowest BCUT2D eigenvalue weighted by atomic mass is 10.2. The van der Waals surface area contributed by atoms with E-state index in [0.29, 0.717) is 30.2 Å². The molecule has 126 valence electrons. The highest BCUT2D eigenvalue weighted by molar-refractivity contribution is 5.81. The van der Waals surface area contributed by atoms with Crippen LogP contribution in [0.4, 0.5) is 5.82 Å². The smallest absolute Gasteiger partial charge is 0.234 e. The van der Waals surface area contributed by atoms with Crippen LogP contribution in [-0.2, 0) is 4.79 Å². The number of rotatable bonds is 5. The molecule has 1 aromatic rings. The van der Waals surface area contributed by atoms with Crippen molar-refractivity contribution in [2.45, 2.75) is 33.1 Å². The SMILES string of the molecule is CC(C)COc1cncc(N2CCCN(C(=O)C3CC3)CC2)n1. The van der Waals surface area contributed by atoms with Crippen molar-refractivity contribution in [3.05, 3.63) is 12.4 Å². The Balaban J connectivity index is 1.60. The van der Waals surface area contributed by atoms with Gasteiger partial charge in [-0.3, -0.25) is 9.78 Å². The molecule has 1 saturated heterocycles. The van der Waals surface area contributed by atoms with E-state index < -0.39 is 0 Å². The first-order valence-corrected chi connectivity index (χ1v) is 8.62. The number of hydrogen-bond acceptors (Lipinski definition) is 5. The summed E-state index contributed by atoms with van der Waals surface area (Å²) in [5.41, 5.74) is 0. The van der Waals surface area contributed by atoms with E-state index in [1.807, 2.05) is 4.90 Å². The number of aromatic nitrogens is 2. The van der Waals surface area contributed by atoms with Gasteiger partial charge < -0.3 is 14.5 Å². The fraction of sp³-hybridized carbons (Fsp3) is 0.706. The molecule has 3 rings (SSSR count). The normalized spacial score (nSPS) is 18.9. The van der Waals surface area contributed by atoms with E-state index in [-0.39, 0.29) is 0 Å². The second kappa shape index (κ2) is 7.15. The van der Waals surface area contributed by atoms with Crippen molar-refractivity contribution >= 4 is 11.7 Å². The molecule has 0 N–H and O–H groups in total. The number of ether oxygens (including phenoxy) is 1. The Labute approximate surface area is 137 Å². The highest BCUT2D eigenvalue weighted by Gasteiger charge is 2.34. The van der Waals surface area contributed by atoms with Gasteiger partial charge in [0.15, 0.2) is 5.82 Å². The molecule has 6 nitrogen and oxygen atoms in total. The van der Waals surface area contributed by atoms with Gasteiger partial charge in [-0.2, -0.15) is 4.98 Å². The van der Waals surface area contributed by atoms with Crippen LogP contribution in [0, 0.1) is 11.8 Å². The van der Waals surface area contributed by atoms with Gasteiger partial charge >= 0.3 is 0 Å². The molecule has 1 aromatic heterocycles. The molecule has 0 radical (unpaired) electrons. The summed E-state index contributed by atoms with van der Waals surface area (Å²) in [6.45, 7) is 8.19. The van der Waals surface area contributed by atoms with E-state index in [2.05, 4.69) is 28.7 Å². The minimum Gasteiger partial charge on any atom is -0.476 e. The van der Waals surface area contributed by atoms with Crippen LogP contribution in [0.1, 0.15) is 33.1 Å². The van der Waals surface area contributed by atoms with Gasteiger partial charge in [0.1, 0.15) is 0 Å². The van der Waals surface area contributed by atoms with Crippen LogP contribution in [0.5, 0.6) is 5.88 Å². The lowest BCUT2D eigenvalue weighted by molar-refractivity contribution is -0.132. The van der Waals surface area contributed by atoms with Crippen molar-refractivity contribution in [3.63, 3.8) is 0 Å². The molecule has 1 saturated carbocycles. The van der Waals surface area contributed by atoms with Crippen LogP contribution in [0.25, 0.3) is 0 Å². The van der Waals surface area contributed by atoms with Crippen molar-refractivity contribution in [2.24, 2.45) is 11.8 Å². The highest BCUT2D eigenvalue weighted by atomic mass is 16.5. The summed E-state index contributed by atoms with van der Waals surface area (Å²) in [7, 11) is 0. The maximum absolute atomic E-state index is 12.2. The molecule has 2 heterocycles. The Morgan fingerprint density at radius 3 is 2.83 bits per heavy atom. The summed E-state index contributed by atoms with van der Waals surface area (Å²) >= 11 is 0. The predicted molar refractivity (Wildman–Crippen MR) is 88.5 cm³/mol. The molecule has 0 unspecified atom stereocenters. The van der Waals surface area contributed by atoms with Gasteiger partial charge in [-0.05, 0) is 25.2 Å². The van der Waals surface area contributed by atoms with E-state index in [9.17, 15) is 4.79 Å². The molecule has 0 bridgehead atoms. The molecule has 0 aromatic carbocycles. The quantitative estimate of drug-likeness (QED) is 0.830. The summed E-state index contributed by atoms with van der Waals surface area (Å²) in [6, 6.07) is 0. The summed E-state index contributed by atoms with van der Waals surface area (Å²) < 4.78 is 5.66. The molecule has 2 fully saturated rings. The zero-order valence-electron chi connectivity index (χ0n) is 14.1. The standard InChI is InChI=1S/C17H26N4O2/c1-13(2)12-23-16-11-18-10-15(19-16)20-6-3-7-21(9-8-20)17(22)14-4-5-14/h10-11,13-14H,3-9,12H2,1-2H3. The minimum atomic E-state index is 0.300. The van der Waals surface area contributed by atoms with Crippen LogP contribution in [-0.4, -0.2) is 53.6 Å². The summed E-state index contributed by atoms with van der Waals surface area (Å²) in [5.74, 6) is 2.51. The maximum atomic E-state index is 12.2. The summed E-state index contributed by atoms with van der Waals surface area (Å²) in [4.78, 5) is 25.3. The second-order valence-corrected chi connectivity index (χ2v) is 6.86. The van der Waals surface area contributed by atoms with Gasteiger partial charge in [0, 0.05) is 32.1 Å². The summed E-state index contributed by atoms with van der Waals surface area (Å²) in [5, 5.41) is 0. The molecule has 0 spiro atoms. The molecule has 2 aliphatic rings. The number of nitrogens with zero attached hydrogens (tertiary/aromatic N) is 4. The Bertz CT molecular complexity index is 545.